The molecule has 2 aromatic rings. The van der Waals surface area contributed by atoms with Crippen molar-refractivity contribution in [2.45, 2.75) is 26.7 Å². The number of amides is 2. The molecule has 0 aromatic heterocycles. The fourth-order valence-electron chi connectivity index (χ4n) is 2.59. The lowest BCUT2D eigenvalue weighted by atomic mass is 10.1. The summed E-state index contributed by atoms with van der Waals surface area (Å²) in [6, 6.07) is 10.2. The van der Waals surface area contributed by atoms with Gasteiger partial charge in [-0.1, -0.05) is 31.5 Å². The summed E-state index contributed by atoms with van der Waals surface area (Å²) in [6.07, 6.45) is 4.83. The fraction of sp³-hybridized carbons (Fsp3) is 0.304. The number of nitrogens with one attached hydrogen (secondary N) is 2. The van der Waals surface area contributed by atoms with Gasteiger partial charge in [0.1, 0.15) is 0 Å². The Morgan fingerprint density at radius 2 is 1.87 bits per heavy atom. The molecule has 7 heteroatoms. The van der Waals surface area contributed by atoms with Crippen LogP contribution in [0.15, 0.2) is 42.5 Å². The summed E-state index contributed by atoms with van der Waals surface area (Å²) >= 11 is 6.19. The van der Waals surface area contributed by atoms with E-state index in [0.29, 0.717) is 35.9 Å². The summed E-state index contributed by atoms with van der Waals surface area (Å²) < 4.78 is 11.0. The van der Waals surface area contributed by atoms with E-state index in [9.17, 15) is 9.59 Å². The van der Waals surface area contributed by atoms with E-state index < -0.39 is 0 Å². The zero-order valence-electron chi connectivity index (χ0n) is 17.5. The van der Waals surface area contributed by atoms with Crippen molar-refractivity contribution in [3.63, 3.8) is 0 Å². The van der Waals surface area contributed by atoms with Gasteiger partial charge >= 0.3 is 0 Å². The van der Waals surface area contributed by atoms with Crippen molar-refractivity contribution in [1.29, 1.82) is 0 Å². The Kier molecular flexibility index (Phi) is 9.22. The van der Waals surface area contributed by atoms with Crippen molar-refractivity contribution in [3.05, 3.63) is 58.6 Å². The van der Waals surface area contributed by atoms with Crippen molar-refractivity contribution in [3.8, 4) is 11.5 Å². The molecule has 0 aliphatic carbocycles. The van der Waals surface area contributed by atoms with Gasteiger partial charge in [0.05, 0.1) is 24.3 Å². The molecule has 0 spiro atoms. The monoisotopic (exact) mass is 430 g/mol. The minimum atomic E-state index is -0.320. The molecule has 0 unspecified atom stereocenters. The third kappa shape index (κ3) is 6.81. The van der Waals surface area contributed by atoms with E-state index in [-0.39, 0.29) is 16.8 Å². The summed E-state index contributed by atoms with van der Waals surface area (Å²) in [5.74, 6) is 0.716. The Hall–Kier alpha value is -2.99. The van der Waals surface area contributed by atoms with E-state index in [2.05, 4.69) is 10.6 Å². The lowest BCUT2D eigenvalue weighted by Gasteiger charge is -2.10. The van der Waals surface area contributed by atoms with Crippen LogP contribution in [-0.2, 0) is 4.79 Å². The van der Waals surface area contributed by atoms with Crippen LogP contribution in [0.25, 0.3) is 6.08 Å². The predicted octanol–water partition coefficient (Wildman–Crippen LogP) is 4.93. The number of hydrogen-bond acceptors (Lipinski definition) is 4. The zero-order valence-corrected chi connectivity index (χ0v) is 18.2. The van der Waals surface area contributed by atoms with Crippen molar-refractivity contribution in [2.75, 3.05) is 25.6 Å². The second-order valence-electron chi connectivity index (χ2n) is 6.53. The third-order valence-electron chi connectivity index (χ3n) is 4.09. The molecule has 0 atom stereocenters. The molecule has 160 valence electrons. The molecule has 2 N–H and O–H groups in total. The molecule has 0 saturated carbocycles. The highest BCUT2D eigenvalue weighted by atomic mass is 35.5. The number of methoxy groups -OCH3 is 1. The van der Waals surface area contributed by atoms with Crippen LogP contribution in [0, 0.1) is 0 Å². The minimum absolute atomic E-state index is 0.236. The van der Waals surface area contributed by atoms with Crippen molar-refractivity contribution in [1.82, 2.24) is 5.32 Å². The first-order valence-corrected chi connectivity index (χ1v) is 10.2. The molecule has 0 aliphatic rings. The first-order valence-electron chi connectivity index (χ1n) is 9.86. The van der Waals surface area contributed by atoms with Gasteiger partial charge in [0.15, 0.2) is 11.5 Å². The first-order chi connectivity index (χ1) is 14.5. The van der Waals surface area contributed by atoms with Crippen LogP contribution >= 0.6 is 11.6 Å². The highest BCUT2D eigenvalue weighted by Gasteiger charge is 2.11. The maximum Gasteiger partial charge on any atom is 0.252 e. The average Bonchev–Trinajstić information content (AvgIpc) is 2.74. The van der Waals surface area contributed by atoms with Gasteiger partial charge in [-0.25, -0.2) is 0 Å². The van der Waals surface area contributed by atoms with Crippen LogP contribution in [0.2, 0.25) is 5.02 Å². The van der Waals surface area contributed by atoms with Gasteiger partial charge in [0, 0.05) is 18.3 Å². The molecule has 2 amide bonds. The second-order valence-corrected chi connectivity index (χ2v) is 6.94. The normalized spacial score (nSPS) is 10.7. The Morgan fingerprint density at radius 1 is 1.07 bits per heavy atom. The van der Waals surface area contributed by atoms with Crippen LogP contribution in [0.5, 0.6) is 11.5 Å². The molecule has 0 saturated heterocycles. The second kappa shape index (κ2) is 11.9. The number of halogens is 1. The van der Waals surface area contributed by atoms with Gasteiger partial charge < -0.3 is 20.1 Å². The van der Waals surface area contributed by atoms with Crippen LogP contribution in [0.1, 0.15) is 42.6 Å². The van der Waals surface area contributed by atoms with E-state index in [0.717, 1.165) is 18.4 Å². The standard InChI is InChI=1S/C23H27ClN2O4/c1-4-12-25-23(28)18-9-8-17(15-19(18)24)26-22(27)11-7-16-6-10-20(30-13-5-2)21(14-16)29-3/h6-11,14-15H,4-5,12-13H2,1-3H3,(H,25,28)(H,26,27)/b11-7+. The van der Waals surface area contributed by atoms with E-state index in [1.54, 1.807) is 37.5 Å². The summed E-state index contributed by atoms with van der Waals surface area (Å²) in [5.41, 5.74) is 1.67. The summed E-state index contributed by atoms with van der Waals surface area (Å²) in [5, 5.41) is 5.78. The van der Waals surface area contributed by atoms with Gasteiger partial charge in [-0.05, 0) is 54.8 Å². The largest absolute Gasteiger partial charge is 0.493 e. The Bertz CT molecular complexity index is 912. The van der Waals surface area contributed by atoms with Crippen LogP contribution in [0.3, 0.4) is 0 Å². The minimum Gasteiger partial charge on any atom is -0.493 e. The van der Waals surface area contributed by atoms with Gasteiger partial charge in [0.25, 0.3) is 5.91 Å². The topological polar surface area (TPSA) is 76.7 Å². The molecular weight excluding hydrogens is 404 g/mol. The van der Waals surface area contributed by atoms with Gasteiger partial charge in [-0.15, -0.1) is 0 Å². The summed E-state index contributed by atoms with van der Waals surface area (Å²) in [7, 11) is 1.57. The summed E-state index contributed by atoms with van der Waals surface area (Å²) in [4.78, 5) is 24.3. The van der Waals surface area contributed by atoms with Crippen molar-refractivity contribution < 1.29 is 19.1 Å². The molecule has 0 fully saturated rings. The average molecular weight is 431 g/mol. The Morgan fingerprint density at radius 3 is 2.53 bits per heavy atom. The molecule has 6 nitrogen and oxygen atoms in total. The number of ether oxygens (including phenoxy) is 2. The van der Waals surface area contributed by atoms with E-state index >= 15 is 0 Å². The zero-order chi connectivity index (χ0) is 21.9. The first kappa shape index (κ1) is 23.3. The Balaban J connectivity index is 2.02. The predicted molar refractivity (Wildman–Crippen MR) is 121 cm³/mol. The maximum atomic E-state index is 12.2. The van der Waals surface area contributed by atoms with Crippen molar-refractivity contribution in [2.24, 2.45) is 0 Å². The van der Waals surface area contributed by atoms with Gasteiger partial charge in [-0.3, -0.25) is 9.59 Å². The molecule has 0 radical (unpaired) electrons. The molecule has 0 bridgehead atoms. The van der Waals surface area contributed by atoms with Crippen molar-refractivity contribution >= 4 is 35.2 Å². The summed E-state index contributed by atoms with van der Waals surface area (Å²) in [6.45, 7) is 5.19. The number of carbonyl (C=O) groups excluding carboxylic acids is 2. The number of benzene rings is 2. The molecular formula is C23H27ClN2O4. The number of hydrogen-bond donors (Lipinski definition) is 2. The van der Waals surface area contributed by atoms with E-state index in [1.807, 2.05) is 26.0 Å². The van der Waals surface area contributed by atoms with Crippen LogP contribution in [0.4, 0.5) is 5.69 Å². The Labute approximate surface area is 182 Å². The highest BCUT2D eigenvalue weighted by molar-refractivity contribution is 6.34. The van der Waals surface area contributed by atoms with E-state index in [1.165, 1.54) is 6.08 Å². The molecule has 0 aliphatic heterocycles. The molecule has 2 aromatic carbocycles. The number of anilines is 1. The van der Waals surface area contributed by atoms with Crippen LogP contribution < -0.4 is 20.1 Å². The molecule has 0 heterocycles. The van der Waals surface area contributed by atoms with Crippen LogP contribution in [-0.4, -0.2) is 32.1 Å². The highest BCUT2D eigenvalue weighted by Crippen LogP contribution is 2.28. The maximum absolute atomic E-state index is 12.2. The number of rotatable bonds is 10. The molecule has 2 rings (SSSR count). The fourth-order valence-corrected chi connectivity index (χ4v) is 2.85. The van der Waals surface area contributed by atoms with E-state index in [4.69, 9.17) is 21.1 Å². The number of carbonyl (C=O) groups is 2. The smallest absolute Gasteiger partial charge is 0.252 e. The quantitative estimate of drug-likeness (QED) is 0.524. The SMILES string of the molecule is CCCNC(=O)c1ccc(NC(=O)/C=C/c2ccc(OCCC)c(OC)c2)cc1Cl. The lowest BCUT2D eigenvalue weighted by Crippen LogP contribution is -2.24. The third-order valence-corrected chi connectivity index (χ3v) is 4.41. The van der Waals surface area contributed by atoms with Gasteiger partial charge in [0.2, 0.25) is 5.91 Å². The van der Waals surface area contributed by atoms with Gasteiger partial charge in [-0.2, -0.15) is 0 Å². The molecule has 30 heavy (non-hydrogen) atoms. The lowest BCUT2D eigenvalue weighted by molar-refractivity contribution is -0.111.